The molecule has 0 saturated heterocycles. The van der Waals surface area contributed by atoms with Gasteiger partial charge in [0.05, 0.1) is 0 Å². The summed E-state index contributed by atoms with van der Waals surface area (Å²) < 4.78 is 156. The second kappa shape index (κ2) is 4.87. The third kappa shape index (κ3) is 2.54. The fourth-order valence-corrected chi connectivity index (χ4v) is 2.80. The Bertz CT molecular complexity index is 462. The van der Waals surface area contributed by atoms with Crippen molar-refractivity contribution in [3.8, 4) is 0 Å². The van der Waals surface area contributed by atoms with Gasteiger partial charge in [-0.2, -0.15) is 52.7 Å². The Balaban J connectivity index is 2.06. The largest absolute Gasteiger partial charge is 0.313 e. The molecule has 0 N–H and O–H groups in total. The quantitative estimate of drug-likeness (QED) is 0.542. The van der Waals surface area contributed by atoms with Crippen molar-refractivity contribution in [3.05, 3.63) is 0 Å². The maximum absolute atomic E-state index is 13.5. The van der Waals surface area contributed by atoms with E-state index in [4.69, 9.17) is 0 Å². The van der Waals surface area contributed by atoms with E-state index in [1.807, 2.05) is 0 Å². The van der Waals surface area contributed by atoms with E-state index in [0.29, 0.717) is 0 Å². The first-order valence-electron chi connectivity index (χ1n) is 6.64. The lowest BCUT2D eigenvalue weighted by molar-refractivity contribution is -0.346. The zero-order valence-corrected chi connectivity index (χ0v) is 11.5. The topological polar surface area (TPSA) is 0 Å². The summed E-state index contributed by atoms with van der Waals surface area (Å²) in [6.45, 7) is 0. The van der Waals surface area contributed by atoms with E-state index in [1.165, 1.54) is 0 Å². The van der Waals surface area contributed by atoms with E-state index in [2.05, 4.69) is 0 Å². The molecular weight excluding hydrogens is 372 g/mol. The minimum atomic E-state index is -5.32. The fraction of sp³-hybridized carbons (Fsp3) is 1.00. The lowest BCUT2D eigenvalue weighted by Gasteiger charge is -2.47. The molecule has 2 fully saturated rings. The Morgan fingerprint density at radius 1 is 0.583 bits per heavy atom. The van der Waals surface area contributed by atoms with Gasteiger partial charge in [0.25, 0.3) is 0 Å². The number of halogens is 12. The summed E-state index contributed by atoms with van der Waals surface area (Å²) in [7, 11) is 0. The highest BCUT2D eigenvalue weighted by molar-refractivity contribution is 5.08. The van der Waals surface area contributed by atoms with Crippen molar-refractivity contribution in [1.29, 1.82) is 0 Å². The summed E-state index contributed by atoms with van der Waals surface area (Å²) in [5.41, 5.74) is 0. The molecule has 0 spiro atoms. The summed E-state index contributed by atoms with van der Waals surface area (Å²) in [4.78, 5) is 0. The van der Waals surface area contributed by atoms with Crippen LogP contribution in [0.15, 0.2) is 0 Å². The normalized spacial score (nSPS) is 33.5. The van der Waals surface area contributed by atoms with Crippen molar-refractivity contribution >= 4 is 0 Å². The molecule has 24 heavy (non-hydrogen) atoms. The van der Waals surface area contributed by atoms with Gasteiger partial charge in [0, 0.05) is 37.5 Å². The van der Waals surface area contributed by atoms with Crippen LogP contribution in [0.4, 0.5) is 52.7 Å². The van der Waals surface area contributed by atoms with Crippen molar-refractivity contribution in [2.45, 2.75) is 61.2 Å². The minimum absolute atomic E-state index is 1.76. The highest BCUT2D eigenvalue weighted by Gasteiger charge is 2.77. The van der Waals surface area contributed by atoms with Gasteiger partial charge in [-0.1, -0.05) is 0 Å². The highest BCUT2D eigenvalue weighted by Crippen LogP contribution is 2.62. The van der Waals surface area contributed by atoms with E-state index in [1.54, 1.807) is 0 Å². The van der Waals surface area contributed by atoms with Gasteiger partial charge in [0.2, 0.25) is 0 Å². The molecule has 0 nitrogen and oxygen atoms in total. The summed E-state index contributed by atoms with van der Waals surface area (Å²) >= 11 is 0. The standard InChI is InChI=1S/C12H10F12/c13-7(14,1-5-3-9(17,18)11(5,21)22)8(15,16)2-6-4-10(19,20)12(6,23)24/h5-6H,1-4H2. The van der Waals surface area contributed by atoms with Crippen molar-refractivity contribution in [1.82, 2.24) is 0 Å². The predicted octanol–water partition coefficient (Wildman–Crippen LogP) is 5.62. The molecule has 12 heteroatoms. The predicted molar refractivity (Wildman–Crippen MR) is 55.1 cm³/mol. The van der Waals surface area contributed by atoms with Gasteiger partial charge in [-0.3, -0.25) is 0 Å². The molecule has 2 atom stereocenters. The third-order valence-corrected chi connectivity index (χ3v) is 4.55. The second-order valence-corrected chi connectivity index (χ2v) is 6.27. The second-order valence-electron chi connectivity index (χ2n) is 6.27. The molecule has 0 aliphatic heterocycles. The van der Waals surface area contributed by atoms with Crippen LogP contribution in [0.25, 0.3) is 0 Å². The monoisotopic (exact) mass is 382 g/mol. The van der Waals surface area contributed by atoms with Gasteiger partial charge in [-0.15, -0.1) is 0 Å². The van der Waals surface area contributed by atoms with Crippen LogP contribution in [-0.4, -0.2) is 35.5 Å². The number of hydrogen-bond acceptors (Lipinski definition) is 0. The Morgan fingerprint density at radius 2 is 0.833 bits per heavy atom. The summed E-state index contributed by atoms with van der Waals surface area (Å²) in [6.07, 6.45) is -8.25. The smallest absolute Gasteiger partial charge is 0.200 e. The molecule has 0 amide bonds. The Hall–Kier alpha value is -0.840. The van der Waals surface area contributed by atoms with Gasteiger partial charge in [-0.25, -0.2) is 0 Å². The van der Waals surface area contributed by atoms with Gasteiger partial charge >= 0.3 is 35.5 Å². The molecule has 0 heterocycles. The van der Waals surface area contributed by atoms with Crippen LogP contribution in [0, 0.1) is 11.8 Å². The Morgan fingerprint density at radius 3 is 1.00 bits per heavy atom. The zero-order valence-electron chi connectivity index (χ0n) is 11.5. The van der Waals surface area contributed by atoms with E-state index in [-0.39, 0.29) is 0 Å². The van der Waals surface area contributed by atoms with Crippen LogP contribution in [0.5, 0.6) is 0 Å². The molecule has 2 aliphatic rings. The van der Waals surface area contributed by atoms with Crippen molar-refractivity contribution in [3.63, 3.8) is 0 Å². The number of rotatable bonds is 5. The number of hydrogen-bond donors (Lipinski definition) is 0. The first kappa shape index (κ1) is 19.5. The SMILES string of the molecule is FC(F)(CC1CC(F)(F)C1(F)F)C(F)(F)CC1CC(F)(F)C1(F)F. The summed E-state index contributed by atoms with van der Waals surface area (Å²) in [5, 5.41) is 0. The maximum atomic E-state index is 13.5. The van der Waals surface area contributed by atoms with Crippen LogP contribution in [0.3, 0.4) is 0 Å². The van der Waals surface area contributed by atoms with Crippen LogP contribution < -0.4 is 0 Å². The third-order valence-electron chi connectivity index (χ3n) is 4.55. The van der Waals surface area contributed by atoms with Gasteiger partial charge in [0.1, 0.15) is 0 Å². The van der Waals surface area contributed by atoms with Crippen molar-refractivity contribution in [2.24, 2.45) is 11.8 Å². The van der Waals surface area contributed by atoms with E-state index in [0.717, 1.165) is 0 Å². The van der Waals surface area contributed by atoms with Crippen molar-refractivity contribution < 1.29 is 52.7 Å². The van der Waals surface area contributed by atoms with E-state index < -0.39 is 73.1 Å². The van der Waals surface area contributed by atoms with E-state index >= 15 is 0 Å². The molecular formula is C12H10F12. The van der Waals surface area contributed by atoms with Crippen LogP contribution in [0.2, 0.25) is 0 Å². The fourth-order valence-electron chi connectivity index (χ4n) is 2.80. The molecule has 0 aromatic heterocycles. The lowest BCUT2D eigenvalue weighted by atomic mass is 9.70. The molecule has 2 aliphatic carbocycles. The molecule has 0 aromatic rings. The zero-order chi connectivity index (χ0) is 19.0. The average Bonchev–Trinajstić information content (AvgIpc) is 2.36. The molecule has 2 rings (SSSR count). The first-order valence-corrected chi connectivity index (χ1v) is 6.64. The minimum Gasteiger partial charge on any atom is -0.200 e. The van der Waals surface area contributed by atoms with Gasteiger partial charge in [0.15, 0.2) is 0 Å². The molecule has 0 bridgehead atoms. The van der Waals surface area contributed by atoms with Gasteiger partial charge in [-0.05, 0) is 0 Å². The van der Waals surface area contributed by atoms with Crippen LogP contribution in [-0.2, 0) is 0 Å². The molecule has 0 radical (unpaired) electrons. The van der Waals surface area contributed by atoms with E-state index in [9.17, 15) is 52.7 Å². The Labute approximate surface area is 127 Å². The molecule has 0 aromatic carbocycles. The number of alkyl halides is 12. The van der Waals surface area contributed by atoms with Crippen LogP contribution in [0.1, 0.15) is 25.7 Å². The molecule has 2 saturated carbocycles. The highest BCUT2D eigenvalue weighted by atomic mass is 19.3. The maximum Gasteiger partial charge on any atom is 0.313 e. The Kier molecular flexibility index (Phi) is 3.95. The van der Waals surface area contributed by atoms with Crippen LogP contribution >= 0.6 is 0 Å². The summed E-state index contributed by atoms with van der Waals surface area (Å²) in [6, 6.07) is 0. The first-order chi connectivity index (χ1) is 10.4. The summed E-state index contributed by atoms with van der Waals surface area (Å²) in [5.74, 6) is -35.3. The molecule has 2 unspecified atom stereocenters. The molecule has 142 valence electrons. The van der Waals surface area contributed by atoms with Gasteiger partial charge < -0.3 is 0 Å². The lowest BCUT2D eigenvalue weighted by Crippen LogP contribution is -2.63. The van der Waals surface area contributed by atoms with Crippen molar-refractivity contribution in [2.75, 3.05) is 0 Å². The average molecular weight is 382 g/mol.